The number of carbonyl (C=O) groups is 3. The summed E-state index contributed by atoms with van der Waals surface area (Å²) in [6.45, 7) is 9.55. The first-order valence-corrected chi connectivity index (χ1v) is 12.7. The Bertz CT molecular complexity index is 820. The minimum Gasteiger partial charge on any atom is -0.461 e. The maximum atomic E-state index is 14.3. The average Bonchev–Trinajstić information content (AvgIpc) is 3.50. The van der Waals surface area contributed by atoms with Crippen LogP contribution in [0.3, 0.4) is 0 Å². The van der Waals surface area contributed by atoms with Crippen LogP contribution in [0.15, 0.2) is 25.3 Å². The van der Waals surface area contributed by atoms with Crippen LogP contribution < -0.4 is 0 Å². The largest absolute Gasteiger partial charge is 0.461 e. The quantitative estimate of drug-likeness (QED) is 0.385. The third-order valence-corrected chi connectivity index (χ3v) is 8.29. The molecule has 0 aromatic carbocycles. The van der Waals surface area contributed by atoms with Crippen LogP contribution in [-0.2, 0) is 23.9 Å². The predicted octanol–water partition coefficient (Wildman–Crippen LogP) is 2.21. The number of amides is 2. The van der Waals surface area contributed by atoms with Crippen molar-refractivity contribution in [1.82, 2.24) is 9.80 Å². The van der Waals surface area contributed by atoms with E-state index >= 15 is 0 Å². The molecule has 1 saturated carbocycles. The summed E-state index contributed by atoms with van der Waals surface area (Å²) in [7, 11) is 0. The molecule has 3 heterocycles. The number of aliphatic hydroxyl groups excluding tert-OH is 1. The zero-order chi connectivity index (χ0) is 24.5. The van der Waals surface area contributed by atoms with Crippen LogP contribution in [0, 0.1) is 11.8 Å². The van der Waals surface area contributed by atoms with Gasteiger partial charge in [-0.25, -0.2) is 0 Å². The van der Waals surface area contributed by atoms with E-state index in [0.717, 1.165) is 32.1 Å². The molecule has 1 spiro atoms. The molecule has 8 heteroatoms. The lowest BCUT2D eigenvalue weighted by Crippen LogP contribution is -2.60. The number of carbonyl (C=O) groups excluding carboxylic acids is 3. The number of rotatable bonds is 10. The number of aliphatic hydroxyl groups is 1. The van der Waals surface area contributed by atoms with Gasteiger partial charge in [0.1, 0.15) is 18.2 Å². The molecule has 2 amide bonds. The van der Waals surface area contributed by atoms with E-state index in [4.69, 9.17) is 9.47 Å². The topological polar surface area (TPSA) is 96.4 Å². The second-order valence-electron chi connectivity index (χ2n) is 10.0. The van der Waals surface area contributed by atoms with Gasteiger partial charge in [-0.1, -0.05) is 44.9 Å². The Balaban J connectivity index is 1.74. The molecule has 1 aliphatic carbocycles. The maximum absolute atomic E-state index is 14.3. The van der Waals surface area contributed by atoms with E-state index in [2.05, 4.69) is 13.2 Å². The summed E-state index contributed by atoms with van der Waals surface area (Å²) in [5.74, 6) is -2.46. The van der Waals surface area contributed by atoms with Crippen molar-refractivity contribution in [3.8, 4) is 0 Å². The van der Waals surface area contributed by atoms with Gasteiger partial charge in [-0.2, -0.15) is 0 Å². The van der Waals surface area contributed by atoms with Gasteiger partial charge < -0.3 is 24.4 Å². The molecule has 2 unspecified atom stereocenters. The van der Waals surface area contributed by atoms with Gasteiger partial charge in [0.05, 0.1) is 30.6 Å². The van der Waals surface area contributed by atoms with Gasteiger partial charge in [-0.05, 0) is 32.1 Å². The molecule has 34 heavy (non-hydrogen) atoms. The van der Waals surface area contributed by atoms with Crippen molar-refractivity contribution < 1.29 is 29.0 Å². The SMILES string of the molecule is C=CCOC(=O)[C@@H]1[C@@H]2CCC3(O2)C(C(=O)N(CC=C)C2CCCCC2)N([C@@H](CC)CO)C(=O)[C@H]13. The highest BCUT2D eigenvalue weighted by atomic mass is 16.6. The fourth-order valence-corrected chi connectivity index (χ4v) is 6.79. The van der Waals surface area contributed by atoms with E-state index in [-0.39, 0.29) is 31.1 Å². The molecule has 8 nitrogen and oxygen atoms in total. The zero-order valence-corrected chi connectivity index (χ0v) is 20.2. The van der Waals surface area contributed by atoms with Crippen LogP contribution in [0.25, 0.3) is 0 Å². The van der Waals surface area contributed by atoms with E-state index in [1.165, 1.54) is 6.08 Å². The molecule has 6 atom stereocenters. The van der Waals surface area contributed by atoms with Gasteiger partial charge in [0, 0.05) is 12.6 Å². The van der Waals surface area contributed by atoms with Gasteiger partial charge in [0.2, 0.25) is 11.8 Å². The molecule has 3 aliphatic heterocycles. The molecular formula is C26H38N2O6. The second kappa shape index (κ2) is 10.2. The van der Waals surface area contributed by atoms with Gasteiger partial charge in [0.15, 0.2) is 0 Å². The number of esters is 1. The lowest BCUT2D eigenvalue weighted by Gasteiger charge is -2.42. The van der Waals surface area contributed by atoms with Crippen molar-refractivity contribution in [1.29, 1.82) is 0 Å². The lowest BCUT2D eigenvalue weighted by molar-refractivity contribution is -0.156. The van der Waals surface area contributed by atoms with Crippen molar-refractivity contribution in [3.05, 3.63) is 25.3 Å². The number of hydrogen-bond acceptors (Lipinski definition) is 6. The van der Waals surface area contributed by atoms with Crippen LogP contribution in [0.1, 0.15) is 58.3 Å². The number of nitrogens with zero attached hydrogens (tertiary/aromatic N) is 2. The molecule has 1 N–H and O–H groups in total. The normalized spacial score (nSPS) is 33.5. The van der Waals surface area contributed by atoms with Crippen LogP contribution in [0.2, 0.25) is 0 Å². The van der Waals surface area contributed by atoms with Gasteiger partial charge in [-0.15, -0.1) is 6.58 Å². The second-order valence-corrected chi connectivity index (χ2v) is 10.0. The number of ether oxygens (including phenoxy) is 2. The molecule has 0 aromatic heterocycles. The first-order chi connectivity index (χ1) is 16.4. The molecule has 4 aliphatic rings. The summed E-state index contributed by atoms with van der Waals surface area (Å²) >= 11 is 0. The number of hydrogen-bond donors (Lipinski definition) is 1. The molecule has 4 fully saturated rings. The molecule has 2 bridgehead atoms. The van der Waals surface area contributed by atoms with E-state index < -0.39 is 41.6 Å². The average molecular weight is 475 g/mol. The van der Waals surface area contributed by atoms with Crippen molar-refractivity contribution in [2.45, 2.75) is 88.1 Å². The highest BCUT2D eigenvalue weighted by Gasteiger charge is 2.75. The fourth-order valence-electron chi connectivity index (χ4n) is 6.79. The summed E-state index contributed by atoms with van der Waals surface area (Å²) in [6, 6.07) is -1.30. The van der Waals surface area contributed by atoms with E-state index in [1.54, 1.807) is 11.0 Å². The number of fused-ring (bicyclic) bond motifs is 1. The molecule has 4 rings (SSSR count). The van der Waals surface area contributed by atoms with Crippen molar-refractivity contribution in [2.24, 2.45) is 11.8 Å². The van der Waals surface area contributed by atoms with Crippen molar-refractivity contribution >= 4 is 17.8 Å². The number of likely N-dealkylation sites (tertiary alicyclic amines) is 1. The first-order valence-electron chi connectivity index (χ1n) is 12.7. The predicted molar refractivity (Wildman–Crippen MR) is 126 cm³/mol. The Hall–Kier alpha value is -2.19. The third kappa shape index (κ3) is 3.88. The molecule has 3 saturated heterocycles. The van der Waals surface area contributed by atoms with E-state index in [0.29, 0.717) is 25.8 Å². The molecule has 188 valence electrons. The molecular weight excluding hydrogens is 436 g/mol. The summed E-state index contributed by atoms with van der Waals surface area (Å²) in [4.78, 5) is 44.6. The Morgan fingerprint density at radius 1 is 1.26 bits per heavy atom. The molecule has 0 aromatic rings. The minimum atomic E-state index is -1.08. The Morgan fingerprint density at radius 2 is 2.00 bits per heavy atom. The first kappa shape index (κ1) is 24.9. The highest BCUT2D eigenvalue weighted by molar-refractivity contribution is 5.98. The van der Waals surface area contributed by atoms with Crippen LogP contribution in [0.4, 0.5) is 0 Å². The van der Waals surface area contributed by atoms with Crippen molar-refractivity contribution in [3.63, 3.8) is 0 Å². The van der Waals surface area contributed by atoms with Gasteiger partial charge in [0.25, 0.3) is 0 Å². The fraction of sp³-hybridized carbons (Fsp3) is 0.731. The van der Waals surface area contributed by atoms with Gasteiger partial charge in [-0.3, -0.25) is 14.4 Å². The van der Waals surface area contributed by atoms with E-state index in [9.17, 15) is 19.5 Å². The van der Waals surface area contributed by atoms with Crippen LogP contribution >= 0.6 is 0 Å². The van der Waals surface area contributed by atoms with Gasteiger partial charge >= 0.3 is 5.97 Å². The zero-order valence-electron chi connectivity index (χ0n) is 20.2. The summed E-state index contributed by atoms with van der Waals surface area (Å²) < 4.78 is 11.8. The summed E-state index contributed by atoms with van der Waals surface area (Å²) in [6.07, 6.45) is 9.54. The standard InChI is InChI=1S/C26H38N2O6/c1-4-14-27(18-10-8-7-9-11-18)24(31)22-26-13-12-19(34-26)20(25(32)33-15-5-2)21(26)23(30)28(22)17(6-3)16-29/h4-5,17-22,29H,1-2,6-16H2,3H3/t17-,19-,20+,21-,22?,26?/m0/s1. The summed E-state index contributed by atoms with van der Waals surface area (Å²) in [5, 5.41) is 10.1. The smallest absolute Gasteiger partial charge is 0.312 e. The minimum absolute atomic E-state index is 0.0606. The molecule has 0 radical (unpaired) electrons. The monoisotopic (exact) mass is 474 g/mol. The maximum Gasteiger partial charge on any atom is 0.312 e. The lowest BCUT2D eigenvalue weighted by atomic mass is 9.70. The van der Waals surface area contributed by atoms with Crippen LogP contribution in [-0.4, -0.2) is 82.3 Å². The Morgan fingerprint density at radius 3 is 2.62 bits per heavy atom. The van der Waals surface area contributed by atoms with E-state index in [1.807, 2.05) is 11.8 Å². The third-order valence-electron chi connectivity index (χ3n) is 8.29. The Labute approximate surface area is 201 Å². The Kier molecular flexibility index (Phi) is 7.48. The summed E-state index contributed by atoms with van der Waals surface area (Å²) in [5.41, 5.74) is -1.08. The highest BCUT2D eigenvalue weighted by Crippen LogP contribution is 2.59. The van der Waals surface area contributed by atoms with Crippen molar-refractivity contribution in [2.75, 3.05) is 19.8 Å². The van der Waals surface area contributed by atoms with Crippen LogP contribution in [0.5, 0.6) is 0 Å².